The molecule has 4 heteroatoms. The Morgan fingerprint density at radius 3 is 2.92 bits per heavy atom. The summed E-state index contributed by atoms with van der Waals surface area (Å²) >= 11 is 9.31. The summed E-state index contributed by atoms with van der Waals surface area (Å²) in [7, 11) is 0. The van der Waals surface area contributed by atoms with E-state index in [2.05, 4.69) is 13.0 Å². The Balaban J connectivity index is 2.33. The Labute approximate surface area is 86.3 Å². The fourth-order valence-electron chi connectivity index (χ4n) is 0.722. The monoisotopic (exact) mass is 221 g/mol. The smallest absolute Gasteiger partial charge is 0.0931 e. The summed E-state index contributed by atoms with van der Waals surface area (Å²) in [5.41, 5.74) is 5.50. The van der Waals surface area contributed by atoms with Crippen molar-refractivity contribution in [3.05, 3.63) is 21.3 Å². The average molecular weight is 222 g/mol. The molecular formula is C8H12ClNS2. The average Bonchev–Trinajstić information content (AvgIpc) is 2.47. The predicted octanol–water partition coefficient (Wildman–Crippen LogP) is 2.98. The number of halogens is 1. The molecule has 12 heavy (non-hydrogen) atoms. The number of hydrogen-bond donors (Lipinski definition) is 1. The SMILES string of the molecule is CC(CN)SCc1ccc(Cl)s1. The normalized spacial score (nSPS) is 13.2. The van der Waals surface area contributed by atoms with Crippen LogP contribution in [0.4, 0.5) is 0 Å². The van der Waals surface area contributed by atoms with E-state index in [1.54, 1.807) is 11.3 Å². The second-order valence-electron chi connectivity index (χ2n) is 2.56. The molecule has 0 aliphatic carbocycles. The number of rotatable bonds is 4. The third-order valence-electron chi connectivity index (χ3n) is 1.47. The molecule has 0 radical (unpaired) electrons. The molecule has 0 saturated carbocycles. The maximum Gasteiger partial charge on any atom is 0.0931 e. The van der Waals surface area contributed by atoms with E-state index in [1.165, 1.54) is 4.88 Å². The number of hydrogen-bond acceptors (Lipinski definition) is 3. The van der Waals surface area contributed by atoms with Gasteiger partial charge in [0.1, 0.15) is 0 Å². The Bertz CT molecular complexity index is 237. The Hall–Kier alpha value is 0.300. The number of thiophene rings is 1. The molecule has 1 nitrogen and oxygen atoms in total. The van der Waals surface area contributed by atoms with Crippen molar-refractivity contribution in [1.82, 2.24) is 0 Å². The minimum absolute atomic E-state index is 0.533. The second-order valence-corrected chi connectivity index (χ2v) is 5.79. The summed E-state index contributed by atoms with van der Waals surface area (Å²) in [4.78, 5) is 1.32. The van der Waals surface area contributed by atoms with Gasteiger partial charge in [0, 0.05) is 22.4 Å². The van der Waals surface area contributed by atoms with Gasteiger partial charge in [-0.3, -0.25) is 0 Å². The molecule has 1 rings (SSSR count). The van der Waals surface area contributed by atoms with Gasteiger partial charge in [0.25, 0.3) is 0 Å². The summed E-state index contributed by atoms with van der Waals surface area (Å²) < 4.78 is 0.867. The van der Waals surface area contributed by atoms with Gasteiger partial charge >= 0.3 is 0 Å². The van der Waals surface area contributed by atoms with Crippen molar-refractivity contribution in [2.75, 3.05) is 6.54 Å². The molecule has 2 N–H and O–H groups in total. The van der Waals surface area contributed by atoms with E-state index in [0.29, 0.717) is 5.25 Å². The van der Waals surface area contributed by atoms with E-state index in [-0.39, 0.29) is 0 Å². The summed E-state index contributed by atoms with van der Waals surface area (Å²) in [5, 5.41) is 0.533. The minimum Gasteiger partial charge on any atom is -0.329 e. The van der Waals surface area contributed by atoms with Crippen LogP contribution in [-0.4, -0.2) is 11.8 Å². The van der Waals surface area contributed by atoms with Crippen LogP contribution in [0.25, 0.3) is 0 Å². The van der Waals surface area contributed by atoms with Crippen molar-refractivity contribution in [2.45, 2.75) is 17.9 Å². The number of nitrogens with two attached hydrogens (primary N) is 1. The molecule has 0 aromatic carbocycles. The molecule has 0 bridgehead atoms. The largest absolute Gasteiger partial charge is 0.329 e. The Morgan fingerprint density at radius 1 is 1.67 bits per heavy atom. The highest BCUT2D eigenvalue weighted by Gasteiger charge is 2.02. The molecule has 1 atom stereocenters. The van der Waals surface area contributed by atoms with Gasteiger partial charge in [-0.05, 0) is 12.1 Å². The van der Waals surface area contributed by atoms with Crippen LogP contribution in [0.3, 0.4) is 0 Å². The summed E-state index contributed by atoms with van der Waals surface area (Å²) in [5.74, 6) is 1.02. The van der Waals surface area contributed by atoms with E-state index >= 15 is 0 Å². The van der Waals surface area contributed by atoms with Crippen molar-refractivity contribution in [3.8, 4) is 0 Å². The zero-order valence-electron chi connectivity index (χ0n) is 6.92. The van der Waals surface area contributed by atoms with E-state index in [4.69, 9.17) is 17.3 Å². The molecule has 0 amide bonds. The zero-order chi connectivity index (χ0) is 8.97. The quantitative estimate of drug-likeness (QED) is 0.846. The maximum atomic E-state index is 5.79. The molecule has 0 aliphatic rings. The Kier molecular flexibility index (Phi) is 4.43. The van der Waals surface area contributed by atoms with Gasteiger partial charge in [-0.25, -0.2) is 0 Å². The van der Waals surface area contributed by atoms with E-state index in [9.17, 15) is 0 Å². The van der Waals surface area contributed by atoms with Crippen LogP contribution >= 0.6 is 34.7 Å². The van der Waals surface area contributed by atoms with Crippen molar-refractivity contribution in [1.29, 1.82) is 0 Å². The summed E-state index contributed by atoms with van der Waals surface area (Å²) in [6, 6.07) is 4.01. The Morgan fingerprint density at radius 2 is 2.42 bits per heavy atom. The molecule has 0 saturated heterocycles. The lowest BCUT2D eigenvalue weighted by Crippen LogP contribution is -2.12. The second kappa shape index (κ2) is 5.12. The third kappa shape index (κ3) is 3.35. The van der Waals surface area contributed by atoms with Crippen LogP contribution in [0, 0.1) is 0 Å². The molecule has 1 aromatic heterocycles. The van der Waals surface area contributed by atoms with Gasteiger partial charge in [-0.2, -0.15) is 11.8 Å². The summed E-state index contributed by atoms with van der Waals surface area (Å²) in [6.07, 6.45) is 0. The van der Waals surface area contributed by atoms with Gasteiger partial charge in [-0.15, -0.1) is 11.3 Å². The molecule has 0 aliphatic heterocycles. The van der Waals surface area contributed by atoms with Crippen molar-refractivity contribution < 1.29 is 0 Å². The van der Waals surface area contributed by atoms with E-state index < -0.39 is 0 Å². The van der Waals surface area contributed by atoms with Crippen LogP contribution in [-0.2, 0) is 5.75 Å². The molecule has 0 fully saturated rings. The van der Waals surface area contributed by atoms with Crippen LogP contribution in [0.1, 0.15) is 11.8 Å². The highest BCUT2D eigenvalue weighted by molar-refractivity contribution is 7.99. The predicted molar refractivity (Wildman–Crippen MR) is 59.1 cm³/mol. The number of thioether (sulfide) groups is 1. The van der Waals surface area contributed by atoms with Gasteiger partial charge in [0.15, 0.2) is 0 Å². The first-order chi connectivity index (χ1) is 5.72. The fraction of sp³-hybridized carbons (Fsp3) is 0.500. The highest BCUT2D eigenvalue weighted by Crippen LogP contribution is 2.26. The fourth-order valence-corrected chi connectivity index (χ4v) is 2.73. The lowest BCUT2D eigenvalue weighted by atomic mass is 10.5. The first-order valence-electron chi connectivity index (χ1n) is 3.78. The van der Waals surface area contributed by atoms with Gasteiger partial charge in [0.05, 0.1) is 4.34 Å². The molecule has 68 valence electrons. The lowest BCUT2D eigenvalue weighted by molar-refractivity contribution is 0.951. The molecule has 1 heterocycles. The van der Waals surface area contributed by atoms with Crippen molar-refractivity contribution in [3.63, 3.8) is 0 Å². The maximum absolute atomic E-state index is 5.79. The highest BCUT2D eigenvalue weighted by atomic mass is 35.5. The topological polar surface area (TPSA) is 26.0 Å². The first kappa shape index (κ1) is 10.4. The standard InChI is InChI=1S/C8H12ClNS2/c1-6(4-10)11-5-7-2-3-8(9)12-7/h2-3,6H,4-5,10H2,1H3. The van der Waals surface area contributed by atoms with Crippen LogP contribution in [0.15, 0.2) is 12.1 Å². The van der Waals surface area contributed by atoms with Gasteiger partial charge < -0.3 is 5.73 Å². The van der Waals surface area contributed by atoms with Gasteiger partial charge in [-0.1, -0.05) is 18.5 Å². The van der Waals surface area contributed by atoms with Crippen LogP contribution in [0.2, 0.25) is 4.34 Å². The van der Waals surface area contributed by atoms with E-state index in [0.717, 1.165) is 16.6 Å². The van der Waals surface area contributed by atoms with Crippen LogP contribution in [0.5, 0.6) is 0 Å². The van der Waals surface area contributed by atoms with E-state index in [1.807, 2.05) is 17.8 Å². The minimum atomic E-state index is 0.533. The molecule has 1 unspecified atom stereocenters. The molecule has 1 aromatic rings. The van der Waals surface area contributed by atoms with Crippen molar-refractivity contribution >= 4 is 34.7 Å². The zero-order valence-corrected chi connectivity index (χ0v) is 9.31. The molecule has 0 spiro atoms. The van der Waals surface area contributed by atoms with Crippen LogP contribution < -0.4 is 5.73 Å². The first-order valence-corrected chi connectivity index (χ1v) is 6.02. The lowest BCUT2D eigenvalue weighted by Gasteiger charge is -2.05. The summed E-state index contributed by atoms with van der Waals surface area (Å²) in [6.45, 7) is 2.88. The molecular weight excluding hydrogens is 210 g/mol. The van der Waals surface area contributed by atoms with Crippen molar-refractivity contribution in [2.24, 2.45) is 5.73 Å². The van der Waals surface area contributed by atoms with Gasteiger partial charge in [0.2, 0.25) is 0 Å². The third-order valence-corrected chi connectivity index (χ3v) is 4.12.